The van der Waals surface area contributed by atoms with E-state index < -0.39 is 28.5 Å². The number of hydrogen-bond acceptors (Lipinski definition) is 4. The van der Waals surface area contributed by atoms with Crippen LogP contribution in [0.25, 0.3) is 0 Å². The van der Waals surface area contributed by atoms with Gasteiger partial charge in [0.1, 0.15) is 6.04 Å². The van der Waals surface area contributed by atoms with Crippen LogP contribution in [0.3, 0.4) is 0 Å². The third-order valence-electron chi connectivity index (χ3n) is 5.65. The van der Waals surface area contributed by atoms with Crippen molar-refractivity contribution in [2.45, 2.75) is 57.6 Å². The van der Waals surface area contributed by atoms with E-state index in [1.54, 1.807) is 37.3 Å². The van der Waals surface area contributed by atoms with Gasteiger partial charge in [0.25, 0.3) is 0 Å². The van der Waals surface area contributed by atoms with Crippen molar-refractivity contribution in [2.24, 2.45) is 0 Å². The van der Waals surface area contributed by atoms with Gasteiger partial charge in [-0.2, -0.15) is 4.31 Å². The first-order valence-electron chi connectivity index (χ1n) is 10.9. The number of carbonyl (C=O) groups is 2. The van der Waals surface area contributed by atoms with Gasteiger partial charge in [0.05, 0.1) is 11.4 Å². The molecule has 2 rings (SSSR count). The molecule has 186 valence electrons. The summed E-state index contributed by atoms with van der Waals surface area (Å²) < 4.78 is 27.0. The van der Waals surface area contributed by atoms with Crippen LogP contribution in [-0.2, 0) is 26.2 Å². The van der Waals surface area contributed by atoms with Crippen LogP contribution in [0.2, 0.25) is 10.0 Å². The van der Waals surface area contributed by atoms with E-state index in [1.807, 2.05) is 20.8 Å². The molecule has 0 unspecified atom stereocenters. The summed E-state index contributed by atoms with van der Waals surface area (Å²) in [6.07, 6.45) is 0.722. The minimum Gasteiger partial charge on any atom is -0.352 e. The molecule has 0 fully saturated rings. The third-order valence-corrected chi connectivity index (χ3v) is 8.17. The molecule has 0 aromatic heterocycles. The Balaban J connectivity index is 2.34. The van der Waals surface area contributed by atoms with Gasteiger partial charge in [-0.1, -0.05) is 53.9 Å². The summed E-state index contributed by atoms with van der Waals surface area (Å²) in [6.45, 7) is 6.74. The van der Waals surface area contributed by atoms with E-state index in [4.69, 9.17) is 23.2 Å². The van der Waals surface area contributed by atoms with Crippen molar-refractivity contribution in [3.8, 4) is 0 Å². The molecule has 1 N–H and O–H groups in total. The van der Waals surface area contributed by atoms with Gasteiger partial charge in [-0.15, -0.1) is 0 Å². The summed E-state index contributed by atoms with van der Waals surface area (Å²) in [7, 11) is -2.58. The topological polar surface area (TPSA) is 86.8 Å². The van der Waals surface area contributed by atoms with Crippen molar-refractivity contribution < 1.29 is 18.0 Å². The molecule has 0 aliphatic carbocycles. The average Bonchev–Trinajstić information content (AvgIpc) is 2.78. The highest BCUT2D eigenvalue weighted by atomic mass is 35.5. The maximum atomic E-state index is 13.4. The minimum atomic E-state index is -3.91. The molecule has 0 bridgehead atoms. The van der Waals surface area contributed by atoms with Gasteiger partial charge in [0, 0.05) is 35.2 Å². The summed E-state index contributed by atoms with van der Waals surface area (Å²) >= 11 is 12.6. The van der Waals surface area contributed by atoms with E-state index in [1.165, 1.54) is 24.1 Å². The number of likely N-dealkylation sites (N-methyl/N-ethyl adjacent to an activating group) is 1. The number of halogens is 2. The van der Waals surface area contributed by atoms with E-state index in [-0.39, 0.29) is 23.4 Å². The third kappa shape index (κ3) is 6.95. The highest BCUT2D eigenvalue weighted by Gasteiger charge is 2.31. The van der Waals surface area contributed by atoms with E-state index in [9.17, 15) is 18.0 Å². The monoisotopic (exact) mass is 527 g/mol. The van der Waals surface area contributed by atoms with Crippen LogP contribution < -0.4 is 5.32 Å². The quantitative estimate of drug-likeness (QED) is 0.500. The van der Waals surface area contributed by atoms with Gasteiger partial charge >= 0.3 is 0 Å². The lowest BCUT2D eigenvalue weighted by Gasteiger charge is -2.31. The predicted molar refractivity (Wildman–Crippen MR) is 135 cm³/mol. The molecular weight excluding hydrogens is 497 g/mol. The lowest BCUT2D eigenvalue weighted by atomic mass is 10.1. The molecular formula is C24H31Cl2N3O4S. The fraction of sp³-hybridized carbons (Fsp3) is 0.417. The summed E-state index contributed by atoms with van der Waals surface area (Å²) in [5.41, 5.74) is 1.40. The van der Waals surface area contributed by atoms with E-state index in [0.29, 0.717) is 15.6 Å². The first-order valence-corrected chi connectivity index (χ1v) is 13.1. The molecule has 7 nitrogen and oxygen atoms in total. The van der Waals surface area contributed by atoms with Crippen molar-refractivity contribution in [2.75, 3.05) is 13.6 Å². The number of nitrogens with one attached hydrogen (secondary N) is 1. The number of aryl methyl sites for hydroxylation is 1. The zero-order chi connectivity index (χ0) is 25.6. The Kier molecular flexibility index (Phi) is 9.94. The molecule has 0 aliphatic heterocycles. The Hall–Kier alpha value is -2.13. The molecule has 2 aromatic rings. The van der Waals surface area contributed by atoms with Crippen molar-refractivity contribution in [1.82, 2.24) is 14.5 Å². The molecule has 2 aromatic carbocycles. The summed E-state index contributed by atoms with van der Waals surface area (Å²) in [5, 5.41) is 3.56. The number of hydrogen-bond donors (Lipinski definition) is 1. The number of rotatable bonds is 10. The fourth-order valence-electron chi connectivity index (χ4n) is 3.16. The Labute approximate surface area is 212 Å². The van der Waals surface area contributed by atoms with Crippen LogP contribution in [0.4, 0.5) is 0 Å². The molecule has 10 heteroatoms. The van der Waals surface area contributed by atoms with Gasteiger partial charge in [-0.05, 0) is 51.5 Å². The molecule has 0 saturated carbocycles. The normalized spacial score (nSPS) is 13.4. The SMILES string of the molecule is CC[C@@H](C)NC(=O)[C@H](C)N(Cc1c(Cl)cccc1Cl)C(=O)CN(C)S(=O)(=O)c1ccc(C)cc1. The largest absolute Gasteiger partial charge is 0.352 e. The van der Waals surface area contributed by atoms with Crippen LogP contribution in [0.15, 0.2) is 47.4 Å². The molecule has 0 spiro atoms. The van der Waals surface area contributed by atoms with Gasteiger partial charge in [-0.25, -0.2) is 8.42 Å². The van der Waals surface area contributed by atoms with E-state index in [0.717, 1.165) is 16.3 Å². The summed E-state index contributed by atoms with van der Waals surface area (Å²) in [4.78, 5) is 27.6. The van der Waals surface area contributed by atoms with Crippen LogP contribution in [-0.4, -0.2) is 55.1 Å². The van der Waals surface area contributed by atoms with Gasteiger partial charge < -0.3 is 10.2 Å². The zero-order valence-electron chi connectivity index (χ0n) is 20.0. The number of carbonyl (C=O) groups excluding carboxylic acids is 2. The van der Waals surface area contributed by atoms with Crippen molar-refractivity contribution in [1.29, 1.82) is 0 Å². The number of nitrogens with zero attached hydrogens (tertiary/aromatic N) is 2. The van der Waals surface area contributed by atoms with Crippen LogP contribution in [0.1, 0.15) is 38.3 Å². The highest BCUT2D eigenvalue weighted by Crippen LogP contribution is 2.27. The lowest BCUT2D eigenvalue weighted by Crippen LogP contribution is -2.52. The average molecular weight is 529 g/mol. The Morgan fingerprint density at radius 2 is 1.59 bits per heavy atom. The molecule has 34 heavy (non-hydrogen) atoms. The first kappa shape index (κ1) is 28.1. The molecule has 0 aliphatic rings. The Morgan fingerprint density at radius 1 is 1.03 bits per heavy atom. The summed E-state index contributed by atoms with van der Waals surface area (Å²) in [5.74, 6) is -0.907. The smallest absolute Gasteiger partial charge is 0.243 e. The van der Waals surface area contributed by atoms with Gasteiger partial charge in [0.15, 0.2) is 0 Å². The second kappa shape index (κ2) is 12.0. The highest BCUT2D eigenvalue weighted by molar-refractivity contribution is 7.89. The predicted octanol–water partition coefficient (Wildman–Crippen LogP) is 4.25. The molecule has 0 heterocycles. The first-order chi connectivity index (χ1) is 15.9. The molecule has 0 radical (unpaired) electrons. The molecule has 2 amide bonds. The maximum absolute atomic E-state index is 13.4. The fourth-order valence-corrected chi connectivity index (χ4v) is 4.80. The standard InChI is InChI=1S/C24H31Cl2N3O4S/c1-6-17(3)27-24(31)18(4)29(14-20-21(25)8-7-9-22(20)26)23(30)15-28(5)34(32,33)19-12-10-16(2)11-13-19/h7-13,17-18H,6,14-15H2,1-5H3,(H,27,31)/t17-,18+/m1/s1. The molecule has 2 atom stereocenters. The maximum Gasteiger partial charge on any atom is 0.243 e. The van der Waals surface area contributed by atoms with E-state index in [2.05, 4.69) is 5.32 Å². The zero-order valence-corrected chi connectivity index (χ0v) is 22.3. The van der Waals surface area contributed by atoms with Gasteiger partial charge in [0.2, 0.25) is 21.8 Å². The van der Waals surface area contributed by atoms with Crippen molar-refractivity contribution >= 4 is 45.0 Å². The van der Waals surface area contributed by atoms with Crippen LogP contribution in [0.5, 0.6) is 0 Å². The van der Waals surface area contributed by atoms with Crippen LogP contribution >= 0.6 is 23.2 Å². The van der Waals surface area contributed by atoms with Gasteiger partial charge in [-0.3, -0.25) is 9.59 Å². The Morgan fingerprint density at radius 3 is 2.12 bits per heavy atom. The number of amides is 2. The lowest BCUT2D eigenvalue weighted by molar-refractivity contribution is -0.140. The molecule has 0 saturated heterocycles. The summed E-state index contributed by atoms with van der Waals surface area (Å²) in [6, 6.07) is 10.4. The van der Waals surface area contributed by atoms with Crippen molar-refractivity contribution in [3.05, 3.63) is 63.6 Å². The number of benzene rings is 2. The second-order valence-electron chi connectivity index (χ2n) is 8.29. The minimum absolute atomic E-state index is 0.0507. The second-order valence-corrected chi connectivity index (χ2v) is 11.1. The van der Waals surface area contributed by atoms with E-state index >= 15 is 0 Å². The van der Waals surface area contributed by atoms with Crippen LogP contribution in [0, 0.1) is 6.92 Å². The van der Waals surface area contributed by atoms with Crippen molar-refractivity contribution in [3.63, 3.8) is 0 Å². The number of sulfonamides is 1. The Bertz CT molecular complexity index is 1100.